The molecule has 0 atom stereocenters. The maximum atomic E-state index is 13.3. The lowest BCUT2D eigenvalue weighted by Crippen LogP contribution is -1.97. The van der Waals surface area contributed by atoms with Crippen LogP contribution in [0.2, 0.25) is 0 Å². The molecule has 1 aromatic carbocycles. The van der Waals surface area contributed by atoms with Crippen molar-refractivity contribution >= 4 is 15.7 Å². The Morgan fingerprint density at radius 2 is 1.83 bits per heavy atom. The van der Waals surface area contributed by atoms with E-state index in [1.807, 2.05) is 0 Å². The van der Waals surface area contributed by atoms with E-state index in [4.69, 9.17) is 5.73 Å². The Labute approximate surface area is 74.1 Å². The molecule has 2 N–H and O–H groups in total. The van der Waals surface area contributed by atoms with Gasteiger partial charge in [0.15, 0.2) is 0 Å². The molecule has 0 aliphatic carbocycles. The van der Waals surface area contributed by atoms with Crippen LogP contribution in [0.25, 0.3) is 0 Å². The van der Waals surface area contributed by atoms with Gasteiger partial charge in [-0.3, -0.25) is 0 Å². The smallest absolute Gasteiger partial charge is 0.137 e. The molecule has 0 amide bonds. The lowest BCUT2D eigenvalue weighted by Gasteiger charge is -2.26. The topological polar surface area (TPSA) is 26.0 Å². The molecule has 0 radical (unpaired) electrons. The Bertz CT molecular complexity index is 291. The van der Waals surface area contributed by atoms with Crippen LogP contribution in [-0.4, -0.2) is 18.8 Å². The number of benzene rings is 1. The Kier molecular flexibility index (Phi) is 2.33. The summed E-state index contributed by atoms with van der Waals surface area (Å²) in [7, 11) is -0.981. The van der Waals surface area contributed by atoms with Crippen molar-refractivity contribution in [3.8, 4) is 0 Å². The summed E-state index contributed by atoms with van der Waals surface area (Å²) in [5, 5.41) is 0. The molecule has 1 rings (SSSR count). The van der Waals surface area contributed by atoms with Gasteiger partial charge in [0.25, 0.3) is 0 Å². The maximum Gasteiger partial charge on any atom is 0.137 e. The molecule has 68 valence electrons. The first-order valence-corrected chi connectivity index (χ1v) is 6.50. The summed E-state index contributed by atoms with van der Waals surface area (Å²) in [4.78, 5) is 0.789. The van der Waals surface area contributed by atoms with Crippen LogP contribution in [0.1, 0.15) is 0 Å². The summed E-state index contributed by atoms with van der Waals surface area (Å²) >= 11 is 0. The van der Waals surface area contributed by atoms with Crippen LogP contribution >= 0.6 is 10.0 Å². The molecule has 0 aliphatic rings. The second kappa shape index (κ2) is 2.98. The number of nitrogens with two attached hydrogens (primary N) is 1. The molecule has 1 nitrogen and oxygen atoms in total. The van der Waals surface area contributed by atoms with Gasteiger partial charge >= 0.3 is 0 Å². The van der Waals surface area contributed by atoms with E-state index < -0.39 is 10.0 Å². The summed E-state index contributed by atoms with van der Waals surface area (Å²) in [6, 6.07) is 4.91. The van der Waals surface area contributed by atoms with E-state index in [1.54, 1.807) is 12.1 Å². The van der Waals surface area contributed by atoms with Crippen molar-refractivity contribution in [2.75, 3.05) is 24.5 Å². The standard InChI is InChI=1S/C9H14FNS/c1-12(2,3)9-5-4-7(11)6-8(9)10/h4-6H,11H2,1-3H3. The van der Waals surface area contributed by atoms with Crippen LogP contribution < -0.4 is 5.73 Å². The van der Waals surface area contributed by atoms with Gasteiger partial charge in [-0.1, -0.05) is 0 Å². The Morgan fingerprint density at radius 1 is 1.25 bits per heavy atom. The molecule has 0 unspecified atom stereocenters. The van der Waals surface area contributed by atoms with Crippen molar-refractivity contribution in [1.82, 2.24) is 0 Å². The van der Waals surface area contributed by atoms with Crippen molar-refractivity contribution in [3.05, 3.63) is 24.0 Å². The van der Waals surface area contributed by atoms with E-state index in [9.17, 15) is 4.39 Å². The SMILES string of the molecule is CS(C)(C)c1ccc(N)cc1F. The number of hydrogen-bond acceptors (Lipinski definition) is 1. The molecule has 0 saturated carbocycles. The number of nitrogen functional groups attached to an aromatic ring is 1. The highest BCUT2D eigenvalue weighted by molar-refractivity contribution is 8.32. The molecule has 0 aliphatic heterocycles. The van der Waals surface area contributed by atoms with Gasteiger partial charge in [-0.2, -0.15) is 0 Å². The van der Waals surface area contributed by atoms with Crippen molar-refractivity contribution in [2.45, 2.75) is 4.90 Å². The fraction of sp³-hybridized carbons (Fsp3) is 0.333. The third-order valence-corrected chi connectivity index (χ3v) is 3.27. The summed E-state index contributed by atoms with van der Waals surface area (Å²) < 4.78 is 13.3. The number of hydrogen-bond donors (Lipinski definition) is 1. The Balaban J connectivity index is 3.19. The first-order chi connectivity index (χ1) is 5.41. The molecule has 12 heavy (non-hydrogen) atoms. The Morgan fingerprint density at radius 3 is 2.25 bits per heavy atom. The third kappa shape index (κ3) is 1.91. The summed E-state index contributed by atoms with van der Waals surface area (Å²) in [5.74, 6) is -0.183. The minimum absolute atomic E-state index is 0.183. The highest BCUT2D eigenvalue weighted by Crippen LogP contribution is 2.46. The summed E-state index contributed by atoms with van der Waals surface area (Å²) in [5.41, 5.74) is 5.93. The predicted molar refractivity (Wildman–Crippen MR) is 54.4 cm³/mol. The second-order valence-electron chi connectivity index (χ2n) is 3.53. The van der Waals surface area contributed by atoms with Gasteiger partial charge in [0.2, 0.25) is 0 Å². The fourth-order valence-electron chi connectivity index (χ4n) is 1.01. The number of halogens is 1. The van der Waals surface area contributed by atoms with Gasteiger partial charge in [-0.15, -0.1) is 0 Å². The number of rotatable bonds is 1. The van der Waals surface area contributed by atoms with Crippen LogP contribution in [0, 0.1) is 5.82 Å². The molecular weight excluding hydrogens is 173 g/mol. The van der Waals surface area contributed by atoms with Crippen molar-refractivity contribution < 1.29 is 4.39 Å². The molecule has 0 saturated heterocycles. The minimum atomic E-state index is -0.981. The van der Waals surface area contributed by atoms with Crippen molar-refractivity contribution in [2.24, 2.45) is 0 Å². The van der Waals surface area contributed by atoms with E-state index in [-0.39, 0.29) is 5.82 Å². The van der Waals surface area contributed by atoms with Crippen LogP contribution in [0.4, 0.5) is 10.1 Å². The first kappa shape index (κ1) is 9.39. The van der Waals surface area contributed by atoms with Gasteiger partial charge in [0, 0.05) is 10.6 Å². The van der Waals surface area contributed by atoms with Crippen LogP contribution in [0.15, 0.2) is 23.1 Å². The van der Waals surface area contributed by atoms with E-state index >= 15 is 0 Å². The average Bonchev–Trinajstić information content (AvgIpc) is 1.83. The zero-order valence-electron chi connectivity index (χ0n) is 7.60. The van der Waals surface area contributed by atoms with Gasteiger partial charge in [0.05, 0.1) is 0 Å². The maximum absolute atomic E-state index is 13.3. The molecule has 3 heteroatoms. The normalized spacial score (nSPS) is 13.0. The molecule has 0 heterocycles. The minimum Gasteiger partial charge on any atom is -0.399 e. The third-order valence-electron chi connectivity index (χ3n) is 1.62. The highest BCUT2D eigenvalue weighted by Gasteiger charge is 2.12. The zero-order chi connectivity index (χ0) is 9.35. The van der Waals surface area contributed by atoms with E-state index in [0.717, 1.165) is 4.90 Å². The lowest BCUT2D eigenvalue weighted by molar-refractivity contribution is 0.602. The highest BCUT2D eigenvalue weighted by atomic mass is 32.3. The second-order valence-corrected chi connectivity index (χ2v) is 7.64. The van der Waals surface area contributed by atoms with Crippen molar-refractivity contribution in [3.63, 3.8) is 0 Å². The molecule has 0 fully saturated rings. The average molecular weight is 187 g/mol. The van der Waals surface area contributed by atoms with Gasteiger partial charge in [0.1, 0.15) is 5.82 Å². The zero-order valence-corrected chi connectivity index (χ0v) is 8.41. The molecule has 0 spiro atoms. The van der Waals surface area contributed by atoms with Gasteiger partial charge in [-0.25, -0.2) is 14.4 Å². The van der Waals surface area contributed by atoms with Gasteiger partial charge in [-0.05, 0) is 37.0 Å². The van der Waals surface area contributed by atoms with E-state index in [0.29, 0.717) is 5.69 Å². The molecule has 0 bridgehead atoms. The summed E-state index contributed by atoms with van der Waals surface area (Å²) in [6.45, 7) is 0. The van der Waals surface area contributed by atoms with Gasteiger partial charge < -0.3 is 5.73 Å². The predicted octanol–water partition coefficient (Wildman–Crippen LogP) is 2.46. The monoisotopic (exact) mass is 187 g/mol. The molecule has 1 aromatic rings. The molecule has 0 aromatic heterocycles. The van der Waals surface area contributed by atoms with Crippen molar-refractivity contribution in [1.29, 1.82) is 0 Å². The lowest BCUT2D eigenvalue weighted by atomic mass is 10.3. The van der Waals surface area contributed by atoms with E-state index in [1.165, 1.54) is 6.07 Å². The van der Waals surface area contributed by atoms with Crippen LogP contribution in [-0.2, 0) is 0 Å². The van der Waals surface area contributed by atoms with Crippen LogP contribution in [0.5, 0.6) is 0 Å². The first-order valence-electron chi connectivity index (χ1n) is 3.64. The largest absolute Gasteiger partial charge is 0.399 e. The van der Waals surface area contributed by atoms with E-state index in [2.05, 4.69) is 18.8 Å². The molecular formula is C9H14FNS. The number of anilines is 1. The Hall–Kier alpha value is -0.700. The van der Waals surface area contributed by atoms with Crippen LogP contribution in [0.3, 0.4) is 0 Å². The quantitative estimate of drug-likeness (QED) is 0.671. The summed E-state index contributed by atoms with van der Waals surface area (Å²) in [6.07, 6.45) is 6.17. The fourth-order valence-corrected chi connectivity index (χ4v) is 2.13.